The zero-order valence-corrected chi connectivity index (χ0v) is 21.2. The average Bonchev–Trinajstić information content (AvgIpc) is 3.65. The zero-order valence-electron chi connectivity index (χ0n) is 19.6. The summed E-state index contributed by atoms with van der Waals surface area (Å²) in [5.41, 5.74) is 1.82. The van der Waals surface area contributed by atoms with Crippen molar-refractivity contribution >= 4 is 50.3 Å². The highest BCUT2D eigenvalue weighted by Crippen LogP contribution is 2.37. The van der Waals surface area contributed by atoms with E-state index in [-0.39, 0.29) is 39.0 Å². The van der Waals surface area contributed by atoms with E-state index in [1.807, 2.05) is 37.3 Å². The van der Waals surface area contributed by atoms with Crippen LogP contribution in [0.25, 0.3) is 0 Å². The van der Waals surface area contributed by atoms with Crippen LogP contribution in [0.2, 0.25) is 5.02 Å². The Morgan fingerprint density at radius 3 is 2.14 bits per heavy atom. The van der Waals surface area contributed by atoms with Crippen LogP contribution in [0, 0.1) is 5.92 Å². The summed E-state index contributed by atoms with van der Waals surface area (Å²) in [4.78, 5) is 29.3. The van der Waals surface area contributed by atoms with Crippen molar-refractivity contribution in [3.63, 3.8) is 0 Å². The van der Waals surface area contributed by atoms with Gasteiger partial charge in [-0.25, -0.2) is 8.42 Å². The lowest BCUT2D eigenvalue weighted by Gasteiger charge is -2.26. The summed E-state index contributed by atoms with van der Waals surface area (Å²) in [5.74, 6) is -0.212. The van der Waals surface area contributed by atoms with E-state index in [0.29, 0.717) is 17.9 Å². The second-order valence-corrected chi connectivity index (χ2v) is 11.0. The number of rotatable bonds is 8. The van der Waals surface area contributed by atoms with Gasteiger partial charge in [-0.05, 0) is 74.2 Å². The Kier molecular flexibility index (Phi) is 7.28. The molecule has 1 aliphatic carbocycles. The fourth-order valence-electron chi connectivity index (χ4n) is 4.04. The molecule has 0 atom stereocenters. The van der Waals surface area contributed by atoms with Gasteiger partial charge >= 0.3 is 0 Å². The molecule has 8 heteroatoms. The highest BCUT2D eigenvalue weighted by atomic mass is 35.5. The Hall–Kier alpha value is -3.16. The number of sulfone groups is 1. The van der Waals surface area contributed by atoms with E-state index in [2.05, 4.69) is 0 Å². The number of para-hydroxylation sites is 1. The van der Waals surface area contributed by atoms with Gasteiger partial charge < -0.3 is 4.90 Å². The Balaban J connectivity index is 1.68. The molecular weight excluding hydrogens is 484 g/mol. The Morgan fingerprint density at radius 2 is 1.57 bits per heavy atom. The number of carbonyl (C=O) groups is 2. The number of benzene rings is 3. The van der Waals surface area contributed by atoms with Gasteiger partial charge in [0.2, 0.25) is 5.91 Å². The largest absolute Gasteiger partial charge is 0.309 e. The topological polar surface area (TPSA) is 74.8 Å². The molecule has 1 aliphatic rings. The lowest BCUT2D eigenvalue weighted by Crippen LogP contribution is -2.31. The number of hydrogen-bond donors (Lipinski definition) is 0. The molecule has 0 bridgehead atoms. The predicted octanol–water partition coefficient (Wildman–Crippen LogP) is 5.88. The van der Waals surface area contributed by atoms with Crippen LogP contribution in [0.1, 0.15) is 37.0 Å². The minimum Gasteiger partial charge on any atom is -0.309 e. The minimum atomic E-state index is -3.37. The highest BCUT2D eigenvalue weighted by molar-refractivity contribution is 7.91. The predicted molar refractivity (Wildman–Crippen MR) is 139 cm³/mol. The van der Waals surface area contributed by atoms with Gasteiger partial charge in [0.05, 0.1) is 26.9 Å². The van der Waals surface area contributed by atoms with Crippen LogP contribution >= 0.6 is 11.6 Å². The highest BCUT2D eigenvalue weighted by Gasteiger charge is 2.29. The lowest BCUT2D eigenvalue weighted by molar-refractivity contribution is -0.115. The summed E-state index contributed by atoms with van der Waals surface area (Å²) in [6.45, 7) is 3.71. The van der Waals surface area contributed by atoms with Crippen LogP contribution in [0.3, 0.4) is 0 Å². The third-order valence-corrected chi connectivity index (χ3v) is 8.30. The molecule has 3 aromatic carbocycles. The molecule has 0 unspecified atom stereocenters. The first-order valence-corrected chi connectivity index (χ1v) is 13.5. The summed E-state index contributed by atoms with van der Waals surface area (Å²) >= 11 is 6.71. The molecule has 0 spiro atoms. The van der Waals surface area contributed by atoms with Gasteiger partial charge in [-0.3, -0.25) is 14.5 Å². The normalized spacial score (nSPS) is 13.3. The van der Waals surface area contributed by atoms with Gasteiger partial charge in [-0.2, -0.15) is 0 Å². The molecule has 4 rings (SSSR count). The third kappa shape index (κ3) is 5.41. The van der Waals surface area contributed by atoms with E-state index in [1.165, 1.54) is 24.0 Å². The van der Waals surface area contributed by atoms with Crippen LogP contribution in [0.15, 0.2) is 77.7 Å². The van der Waals surface area contributed by atoms with Crippen LogP contribution in [0.5, 0.6) is 0 Å². The molecule has 6 nitrogen and oxygen atoms in total. The van der Waals surface area contributed by atoms with Crippen molar-refractivity contribution in [2.24, 2.45) is 5.92 Å². The van der Waals surface area contributed by atoms with Gasteiger partial charge in [-0.15, -0.1) is 0 Å². The van der Waals surface area contributed by atoms with Crippen molar-refractivity contribution in [1.29, 1.82) is 0 Å². The number of nitrogens with zero attached hydrogens (tertiary/aromatic N) is 2. The molecule has 35 heavy (non-hydrogen) atoms. The second-order valence-electron chi connectivity index (χ2n) is 8.60. The van der Waals surface area contributed by atoms with E-state index in [9.17, 15) is 18.0 Å². The second kappa shape index (κ2) is 10.2. The molecule has 0 aliphatic heterocycles. The summed E-state index contributed by atoms with van der Waals surface area (Å²) in [7, 11) is -3.37. The van der Waals surface area contributed by atoms with Gasteiger partial charge in [-0.1, -0.05) is 35.9 Å². The van der Waals surface area contributed by atoms with E-state index in [0.717, 1.165) is 18.5 Å². The van der Waals surface area contributed by atoms with Crippen molar-refractivity contribution in [3.8, 4) is 0 Å². The molecule has 1 saturated carbocycles. The van der Waals surface area contributed by atoms with Gasteiger partial charge in [0, 0.05) is 24.8 Å². The molecule has 0 heterocycles. The molecule has 0 aromatic heterocycles. The maximum absolute atomic E-state index is 13.4. The van der Waals surface area contributed by atoms with Gasteiger partial charge in [0.15, 0.2) is 9.84 Å². The molecule has 0 radical (unpaired) electrons. The number of hydrogen-bond acceptors (Lipinski definition) is 4. The van der Waals surface area contributed by atoms with E-state index in [4.69, 9.17) is 11.6 Å². The number of halogens is 1. The number of carbonyl (C=O) groups excluding carboxylic acids is 2. The summed E-state index contributed by atoms with van der Waals surface area (Å²) < 4.78 is 25.2. The van der Waals surface area contributed by atoms with Crippen LogP contribution in [-0.2, 0) is 14.6 Å². The van der Waals surface area contributed by atoms with Gasteiger partial charge in [0.1, 0.15) is 0 Å². The maximum Gasteiger partial charge on any atom is 0.259 e. The fraction of sp³-hybridized carbons (Fsp3) is 0.259. The van der Waals surface area contributed by atoms with E-state index >= 15 is 0 Å². The SMILES string of the molecule is CCN(C(=O)c1cccc(N(C(C)=O)c2ccc(S(=O)(=O)CC3CC3)cc2)c1Cl)c1ccccc1. The van der Waals surface area contributed by atoms with Crippen molar-refractivity contribution in [2.75, 3.05) is 22.1 Å². The van der Waals surface area contributed by atoms with Crippen molar-refractivity contribution in [1.82, 2.24) is 0 Å². The smallest absolute Gasteiger partial charge is 0.259 e. The zero-order chi connectivity index (χ0) is 25.2. The fourth-order valence-corrected chi connectivity index (χ4v) is 6.03. The van der Waals surface area contributed by atoms with E-state index in [1.54, 1.807) is 35.2 Å². The third-order valence-electron chi connectivity index (χ3n) is 6.00. The molecule has 2 amide bonds. The standard InChI is InChI=1S/C27H27ClN2O4S/c1-3-29(21-8-5-4-6-9-21)27(32)24-10-7-11-25(26(24)28)30(19(2)31)22-14-16-23(17-15-22)35(33,34)18-20-12-13-20/h4-11,14-17,20H,3,12-13,18H2,1-2H3. The Bertz CT molecular complexity index is 1340. The first-order chi connectivity index (χ1) is 16.7. The molecule has 1 fully saturated rings. The lowest BCUT2D eigenvalue weighted by atomic mass is 10.1. The number of anilines is 3. The van der Waals surface area contributed by atoms with Crippen molar-refractivity contribution < 1.29 is 18.0 Å². The maximum atomic E-state index is 13.4. The minimum absolute atomic E-state index is 0.146. The monoisotopic (exact) mass is 510 g/mol. The molecular formula is C27H27ClN2O4S. The van der Waals surface area contributed by atoms with Crippen molar-refractivity contribution in [2.45, 2.75) is 31.6 Å². The van der Waals surface area contributed by atoms with E-state index < -0.39 is 9.84 Å². The first kappa shape index (κ1) is 24.9. The summed E-state index contributed by atoms with van der Waals surface area (Å²) in [5, 5.41) is 0.146. The summed E-state index contributed by atoms with van der Waals surface area (Å²) in [6.07, 6.45) is 1.89. The van der Waals surface area contributed by atoms with Crippen LogP contribution < -0.4 is 9.80 Å². The molecule has 182 valence electrons. The Morgan fingerprint density at radius 1 is 0.914 bits per heavy atom. The molecule has 3 aromatic rings. The summed E-state index contributed by atoms with van der Waals surface area (Å²) in [6, 6.07) is 20.5. The first-order valence-electron chi connectivity index (χ1n) is 11.5. The molecule has 0 saturated heterocycles. The Labute approximate surface area is 211 Å². The number of amides is 2. The molecule has 0 N–H and O–H groups in total. The van der Waals surface area contributed by atoms with Crippen LogP contribution in [-0.4, -0.2) is 32.5 Å². The van der Waals surface area contributed by atoms with Crippen LogP contribution in [0.4, 0.5) is 17.1 Å². The van der Waals surface area contributed by atoms with Crippen molar-refractivity contribution in [3.05, 3.63) is 83.4 Å². The quantitative estimate of drug-likeness (QED) is 0.379. The van der Waals surface area contributed by atoms with Gasteiger partial charge in [0.25, 0.3) is 5.91 Å². The average molecular weight is 511 g/mol.